The molecule has 0 bridgehead atoms. The summed E-state index contributed by atoms with van der Waals surface area (Å²) in [5, 5.41) is 14.8. The second kappa shape index (κ2) is 7.97. The molecule has 0 fully saturated rings. The molecule has 1 heterocycles. The summed E-state index contributed by atoms with van der Waals surface area (Å²) in [5.74, 6) is 0.891. The van der Waals surface area contributed by atoms with Crippen LogP contribution in [-0.2, 0) is 4.79 Å². The summed E-state index contributed by atoms with van der Waals surface area (Å²) in [4.78, 5) is 9.00. The molecule has 0 spiro atoms. The van der Waals surface area contributed by atoms with Crippen molar-refractivity contribution in [3.63, 3.8) is 0 Å². The van der Waals surface area contributed by atoms with Crippen molar-refractivity contribution in [3.8, 4) is 22.6 Å². The SMILES string of the molecule is CC(=O)O.Cc1ccc(-c2ccc(-c3ccc(C(=N)N)cc3)o2)cc1. The molecule has 0 atom stereocenters. The number of amidine groups is 1. The first-order valence-corrected chi connectivity index (χ1v) is 7.68. The third-order valence-corrected chi connectivity index (χ3v) is 3.42. The topological polar surface area (TPSA) is 100 Å². The van der Waals surface area contributed by atoms with Crippen LogP contribution < -0.4 is 5.73 Å². The number of hydrogen-bond donors (Lipinski definition) is 3. The molecule has 2 aromatic carbocycles. The lowest BCUT2D eigenvalue weighted by atomic mass is 10.1. The summed E-state index contributed by atoms with van der Waals surface area (Å²) < 4.78 is 5.91. The third kappa shape index (κ3) is 5.07. The van der Waals surface area contributed by atoms with Gasteiger partial charge in [-0.3, -0.25) is 10.2 Å². The van der Waals surface area contributed by atoms with Gasteiger partial charge in [0, 0.05) is 23.6 Å². The van der Waals surface area contributed by atoms with E-state index in [0.29, 0.717) is 5.56 Å². The van der Waals surface area contributed by atoms with E-state index in [1.54, 1.807) is 0 Å². The summed E-state index contributed by atoms with van der Waals surface area (Å²) in [6, 6.07) is 19.6. The quantitative estimate of drug-likeness (QED) is 0.490. The Bertz CT molecular complexity index is 859. The number of aliphatic carboxylic acids is 1. The molecule has 0 unspecified atom stereocenters. The number of nitrogen functional groups attached to an aromatic ring is 1. The third-order valence-electron chi connectivity index (χ3n) is 3.42. The smallest absolute Gasteiger partial charge is 0.300 e. The fourth-order valence-electron chi connectivity index (χ4n) is 2.18. The minimum Gasteiger partial charge on any atom is -0.481 e. The molecule has 128 valence electrons. The summed E-state index contributed by atoms with van der Waals surface area (Å²) in [6.07, 6.45) is 0. The van der Waals surface area contributed by atoms with Gasteiger partial charge in [0.25, 0.3) is 5.97 Å². The molecule has 4 N–H and O–H groups in total. The number of benzene rings is 2. The zero-order chi connectivity index (χ0) is 18.4. The maximum atomic E-state index is 9.00. The monoisotopic (exact) mass is 336 g/mol. The highest BCUT2D eigenvalue weighted by molar-refractivity contribution is 5.95. The Labute approximate surface area is 146 Å². The van der Waals surface area contributed by atoms with Crippen molar-refractivity contribution in [1.82, 2.24) is 0 Å². The Balaban J connectivity index is 0.000000511. The van der Waals surface area contributed by atoms with Crippen LogP contribution in [0.5, 0.6) is 0 Å². The van der Waals surface area contributed by atoms with E-state index in [1.165, 1.54) is 5.56 Å². The van der Waals surface area contributed by atoms with Crippen LogP contribution in [0.3, 0.4) is 0 Å². The van der Waals surface area contributed by atoms with Gasteiger partial charge in [0.15, 0.2) is 0 Å². The van der Waals surface area contributed by atoms with Crippen LogP contribution in [0, 0.1) is 12.3 Å². The molecule has 0 aliphatic heterocycles. The minimum absolute atomic E-state index is 0.0707. The molecule has 25 heavy (non-hydrogen) atoms. The fraction of sp³-hybridized carbons (Fsp3) is 0.100. The van der Waals surface area contributed by atoms with Crippen molar-refractivity contribution in [1.29, 1.82) is 5.41 Å². The summed E-state index contributed by atoms with van der Waals surface area (Å²) >= 11 is 0. The number of carbonyl (C=O) groups is 1. The molecule has 3 rings (SSSR count). The lowest BCUT2D eigenvalue weighted by Crippen LogP contribution is -2.10. The van der Waals surface area contributed by atoms with E-state index in [2.05, 4.69) is 31.2 Å². The van der Waals surface area contributed by atoms with Crippen molar-refractivity contribution in [2.75, 3.05) is 0 Å². The molecular weight excluding hydrogens is 316 g/mol. The van der Waals surface area contributed by atoms with Crippen molar-refractivity contribution in [3.05, 3.63) is 71.8 Å². The summed E-state index contributed by atoms with van der Waals surface area (Å²) in [6.45, 7) is 3.15. The van der Waals surface area contributed by atoms with E-state index in [9.17, 15) is 0 Å². The molecule has 1 aromatic heterocycles. The largest absolute Gasteiger partial charge is 0.481 e. The van der Waals surface area contributed by atoms with Gasteiger partial charge in [0.1, 0.15) is 17.4 Å². The predicted octanol–water partition coefficient (Wildman–Crippen LogP) is 4.30. The Morgan fingerprint density at radius 2 is 1.32 bits per heavy atom. The van der Waals surface area contributed by atoms with E-state index >= 15 is 0 Å². The van der Waals surface area contributed by atoms with Gasteiger partial charge in [-0.1, -0.05) is 54.1 Å². The Hall–Kier alpha value is -3.34. The number of hydrogen-bond acceptors (Lipinski definition) is 3. The number of furan rings is 1. The van der Waals surface area contributed by atoms with Gasteiger partial charge >= 0.3 is 0 Å². The number of nitrogens with two attached hydrogens (primary N) is 1. The van der Waals surface area contributed by atoms with Crippen LogP contribution in [0.25, 0.3) is 22.6 Å². The molecule has 0 aliphatic carbocycles. The van der Waals surface area contributed by atoms with E-state index < -0.39 is 5.97 Å². The maximum absolute atomic E-state index is 9.00. The number of nitrogens with one attached hydrogen (secondary N) is 1. The van der Waals surface area contributed by atoms with E-state index in [-0.39, 0.29) is 5.84 Å². The van der Waals surface area contributed by atoms with Gasteiger partial charge < -0.3 is 15.3 Å². The van der Waals surface area contributed by atoms with Crippen LogP contribution >= 0.6 is 0 Å². The first-order chi connectivity index (χ1) is 11.9. The lowest BCUT2D eigenvalue weighted by molar-refractivity contribution is -0.134. The number of carboxylic acid groups (broad SMARTS) is 1. The maximum Gasteiger partial charge on any atom is 0.300 e. The van der Waals surface area contributed by atoms with Crippen LogP contribution in [0.2, 0.25) is 0 Å². The Morgan fingerprint density at radius 1 is 0.920 bits per heavy atom. The van der Waals surface area contributed by atoms with Gasteiger partial charge in [0.05, 0.1) is 0 Å². The number of aryl methyl sites for hydroxylation is 1. The Kier molecular flexibility index (Phi) is 5.74. The lowest BCUT2D eigenvalue weighted by Gasteiger charge is -2.01. The van der Waals surface area contributed by atoms with Crippen LogP contribution in [-0.4, -0.2) is 16.9 Å². The van der Waals surface area contributed by atoms with Gasteiger partial charge in [0.2, 0.25) is 0 Å². The molecule has 0 amide bonds. The molecule has 0 saturated carbocycles. The van der Waals surface area contributed by atoms with Crippen LogP contribution in [0.4, 0.5) is 0 Å². The highest BCUT2D eigenvalue weighted by atomic mass is 16.4. The number of carboxylic acids is 1. The van der Waals surface area contributed by atoms with Crippen molar-refractivity contribution in [2.45, 2.75) is 13.8 Å². The normalized spacial score (nSPS) is 9.84. The first kappa shape index (κ1) is 18.0. The standard InChI is InChI=1S/C18H16N2O.C2H4O2/c1-12-2-4-13(5-3-12)16-10-11-17(21-16)14-6-8-15(9-7-14)18(19)20;1-2(3)4/h2-11H,1H3,(H3,19,20);1H3,(H,3,4). The molecule has 0 saturated heterocycles. The molecule has 5 heteroatoms. The van der Waals surface area contributed by atoms with Gasteiger partial charge in [-0.25, -0.2) is 0 Å². The molecular formula is C20H20N2O3. The minimum atomic E-state index is -0.833. The van der Waals surface area contributed by atoms with Gasteiger partial charge in [-0.05, 0) is 19.1 Å². The van der Waals surface area contributed by atoms with Crippen LogP contribution in [0.1, 0.15) is 18.1 Å². The van der Waals surface area contributed by atoms with E-state index in [0.717, 1.165) is 29.6 Å². The first-order valence-electron chi connectivity index (χ1n) is 7.68. The summed E-state index contributed by atoms with van der Waals surface area (Å²) in [7, 11) is 0. The fourth-order valence-corrected chi connectivity index (χ4v) is 2.18. The molecule has 0 radical (unpaired) electrons. The highest BCUT2D eigenvalue weighted by Crippen LogP contribution is 2.28. The summed E-state index contributed by atoms with van der Waals surface area (Å²) in [5.41, 5.74) is 9.43. The van der Waals surface area contributed by atoms with E-state index in [4.69, 9.17) is 25.5 Å². The average Bonchev–Trinajstić information content (AvgIpc) is 3.05. The second-order valence-electron chi connectivity index (χ2n) is 5.54. The zero-order valence-electron chi connectivity index (χ0n) is 14.1. The Morgan fingerprint density at radius 3 is 1.72 bits per heavy atom. The van der Waals surface area contributed by atoms with Gasteiger partial charge in [-0.15, -0.1) is 0 Å². The molecule has 3 aromatic rings. The van der Waals surface area contributed by atoms with Crippen molar-refractivity contribution in [2.24, 2.45) is 5.73 Å². The average molecular weight is 336 g/mol. The molecule has 5 nitrogen and oxygen atoms in total. The highest BCUT2D eigenvalue weighted by Gasteiger charge is 2.07. The molecule has 0 aliphatic rings. The zero-order valence-corrected chi connectivity index (χ0v) is 14.1. The van der Waals surface area contributed by atoms with Crippen molar-refractivity contribution < 1.29 is 14.3 Å². The van der Waals surface area contributed by atoms with E-state index in [1.807, 2.05) is 36.4 Å². The van der Waals surface area contributed by atoms with Crippen molar-refractivity contribution >= 4 is 11.8 Å². The van der Waals surface area contributed by atoms with Gasteiger partial charge in [-0.2, -0.15) is 0 Å². The number of rotatable bonds is 3. The van der Waals surface area contributed by atoms with Crippen LogP contribution in [0.15, 0.2) is 65.1 Å². The predicted molar refractivity (Wildman–Crippen MR) is 98.6 cm³/mol. The second-order valence-corrected chi connectivity index (χ2v) is 5.54.